The molecule has 1 aromatic rings. The fourth-order valence-electron chi connectivity index (χ4n) is 3.27. The normalized spacial score (nSPS) is 22.2. The molecule has 0 saturated carbocycles. The molecule has 1 aliphatic carbocycles. The van der Waals surface area contributed by atoms with E-state index in [0.29, 0.717) is 18.2 Å². The highest BCUT2D eigenvalue weighted by atomic mass is 16.2. The van der Waals surface area contributed by atoms with Crippen molar-refractivity contribution in [3.63, 3.8) is 0 Å². The molecule has 1 aliphatic heterocycles. The second-order valence-electron chi connectivity index (χ2n) is 6.39. The zero-order valence-corrected chi connectivity index (χ0v) is 13.4. The largest absolute Gasteiger partial charge is 0.340 e. The third kappa shape index (κ3) is 3.74. The molecule has 0 unspecified atom stereocenters. The lowest BCUT2D eigenvalue weighted by atomic mass is 10.0. The highest BCUT2D eigenvalue weighted by Crippen LogP contribution is 2.21. The zero-order chi connectivity index (χ0) is 15.4. The molecule has 0 N–H and O–H groups in total. The number of carbonyl (C=O) groups is 1. The summed E-state index contributed by atoms with van der Waals surface area (Å²) in [6.45, 7) is 6.59. The fourth-order valence-corrected chi connectivity index (χ4v) is 3.27. The average molecular weight is 299 g/mol. The fraction of sp³-hybridized carbons (Fsp3) is 0.556. The lowest BCUT2D eigenvalue weighted by Gasteiger charge is -2.35. The van der Waals surface area contributed by atoms with Crippen LogP contribution in [0.2, 0.25) is 0 Å². The molecular formula is C18H25N3O. The minimum atomic E-state index is 0.324. The molecule has 0 bridgehead atoms. The summed E-state index contributed by atoms with van der Waals surface area (Å²) in [6, 6.07) is 4.09. The molecule has 22 heavy (non-hydrogen) atoms. The van der Waals surface area contributed by atoms with Crippen molar-refractivity contribution in [2.75, 3.05) is 26.2 Å². The van der Waals surface area contributed by atoms with Gasteiger partial charge in [-0.25, -0.2) is 0 Å². The predicted molar refractivity (Wildman–Crippen MR) is 87.3 cm³/mol. The first kappa shape index (κ1) is 15.2. The highest BCUT2D eigenvalue weighted by Gasteiger charge is 2.23. The molecule has 4 nitrogen and oxygen atoms in total. The number of aromatic nitrogens is 1. The summed E-state index contributed by atoms with van der Waals surface area (Å²) in [5.74, 6) is 0.798. The molecule has 1 saturated heterocycles. The summed E-state index contributed by atoms with van der Waals surface area (Å²) in [7, 11) is 0. The van der Waals surface area contributed by atoms with Gasteiger partial charge in [-0.3, -0.25) is 14.7 Å². The number of hydrogen-bond donors (Lipinski definition) is 0. The van der Waals surface area contributed by atoms with Crippen LogP contribution in [0.15, 0.2) is 30.5 Å². The van der Waals surface area contributed by atoms with Gasteiger partial charge < -0.3 is 4.90 Å². The second kappa shape index (κ2) is 7.05. The maximum Gasteiger partial charge on any atom is 0.223 e. The van der Waals surface area contributed by atoms with Crippen molar-refractivity contribution in [2.24, 2.45) is 5.92 Å². The molecule has 0 radical (unpaired) electrons. The number of amides is 1. The number of rotatable bonds is 4. The third-order valence-corrected chi connectivity index (χ3v) is 4.77. The van der Waals surface area contributed by atoms with Crippen molar-refractivity contribution in [2.45, 2.75) is 32.7 Å². The van der Waals surface area contributed by atoms with Crippen LogP contribution in [0.1, 0.15) is 30.5 Å². The summed E-state index contributed by atoms with van der Waals surface area (Å²) in [5.41, 5.74) is 2.40. The highest BCUT2D eigenvalue weighted by molar-refractivity contribution is 5.76. The van der Waals surface area contributed by atoms with E-state index in [9.17, 15) is 4.79 Å². The number of nitrogens with zero attached hydrogens (tertiary/aromatic N) is 3. The van der Waals surface area contributed by atoms with Crippen LogP contribution in [-0.4, -0.2) is 46.9 Å². The topological polar surface area (TPSA) is 36.4 Å². The minimum Gasteiger partial charge on any atom is -0.340 e. The van der Waals surface area contributed by atoms with Crippen molar-refractivity contribution in [1.82, 2.24) is 14.8 Å². The molecule has 0 aromatic carbocycles. The van der Waals surface area contributed by atoms with Crippen LogP contribution in [0.3, 0.4) is 0 Å². The van der Waals surface area contributed by atoms with Crippen LogP contribution in [-0.2, 0) is 11.3 Å². The van der Waals surface area contributed by atoms with Gasteiger partial charge in [-0.2, -0.15) is 0 Å². The van der Waals surface area contributed by atoms with Gasteiger partial charge in [0, 0.05) is 45.3 Å². The molecular weight excluding hydrogens is 274 g/mol. The molecule has 2 aliphatic rings. The first-order chi connectivity index (χ1) is 10.7. The van der Waals surface area contributed by atoms with Gasteiger partial charge in [0.25, 0.3) is 0 Å². The number of piperazine rings is 1. The Labute approximate surface area is 132 Å². The van der Waals surface area contributed by atoms with Crippen LogP contribution in [0.4, 0.5) is 0 Å². The van der Waals surface area contributed by atoms with E-state index in [4.69, 9.17) is 0 Å². The lowest BCUT2D eigenvalue weighted by molar-refractivity contribution is -0.133. The molecule has 1 amide bonds. The Hall–Kier alpha value is -1.68. The van der Waals surface area contributed by atoms with Gasteiger partial charge in [-0.15, -0.1) is 0 Å². The van der Waals surface area contributed by atoms with E-state index in [2.05, 4.69) is 35.0 Å². The van der Waals surface area contributed by atoms with E-state index in [1.54, 1.807) is 0 Å². The van der Waals surface area contributed by atoms with Gasteiger partial charge in [0.05, 0.1) is 5.69 Å². The quantitative estimate of drug-likeness (QED) is 0.801. The maximum atomic E-state index is 12.3. The molecule has 1 atom stereocenters. The van der Waals surface area contributed by atoms with E-state index in [1.807, 2.05) is 17.2 Å². The monoisotopic (exact) mass is 299 g/mol. The molecule has 0 spiro atoms. The molecule has 2 heterocycles. The van der Waals surface area contributed by atoms with Gasteiger partial charge in [-0.05, 0) is 37.3 Å². The number of aryl methyl sites for hydroxylation is 1. The van der Waals surface area contributed by atoms with E-state index < -0.39 is 0 Å². The average Bonchev–Trinajstić information content (AvgIpc) is 3.03. The summed E-state index contributed by atoms with van der Waals surface area (Å²) >= 11 is 0. The summed E-state index contributed by atoms with van der Waals surface area (Å²) < 4.78 is 0. The number of allylic oxidation sites excluding steroid dienone is 2. The zero-order valence-electron chi connectivity index (χ0n) is 13.4. The molecule has 1 fully saturated rings. The number of pyridine rings is 1. The van der Waals surface area contributed by atoms with E-state index in [-0.39, 0.29) is 0 Å². The first-order valence-corrected chi connectivity index (χ1v) is 8.29. The van der Waals surface area contributed by atoms with Crippen molar-refractivity contribution in [3.8, 4) is 0 Å². The summed E-state index contributed by atoms with van der Waals surface area (Å²) in [4.78, 5) is 21.2. The Bertz CT molecular complexity index is 547. The summed E-state index contributed by atoms with van der Waals surface area (Å²) in [5, 5.41) is 0. The molecule has 1 aromatic heterocycles. The lowest BCUT2D eigenvalue weighted by Crippen LogP contribution is -2.48. The van der Waals surface area contributed by atoms with Gasteiger partial charge in [0.1, 0.15) is 0 Å². The Kier molecular flexibility index (Phi) is 4.88. The first-order valence-electron chi connectivity index (χ1n) is 8.29. The van der Waals surface area contributed by atoms with Gasteiger partial charge in [-0.1, -0.05) is 18.2 Å². The predicted octanol–water partition coefficient (Wildman–Crippen LogP) is 2.39. The van der Waals surface area contributed by atoms with Crippen LogP contribution in [0, 0.1) is 12.8 Å². The molecule has 3 rings (SSSR count). The van der Waals surface area contributed by atoms with Gasteiger partial charge in [0.15, 0.2) is 0 Å². The van der Waals surface area contributed by atoms with Crippen molar-refractivity contribution < 1.29 is 4.79 Å². The number of carbonyl (C=O) groups excluding carboxylic acids is 1. The van der Waals surface area contributed by atoms with Gasteiger partial charge >= 0.3 is 0 Å². The SMILES string of the molecule is Cc1cccnc1CN1CCN(C(=O)C[C@@H]2C=CCC2)CC1. The Morgan fingerprint density at radius 1 is 1.32 bits per heavy atom. The van der Waals surface area contributed by atoms with Gasteiger partial charge in [0.2, 0.25) is 5.91 Å². The number of hydrogen-bond acceptors (Lipinski definition) is 3. The maximum absolute atomic E-state index is 12.3. The second-order valence-corrected chi connectivity index (χ2v) is 6.39. The van der Waals surface area contributed by atoms with Crippen LogP contribution < -0.4 is 0 Å². The Morgan fingerprint density at radius 2 is 2.14 bits per heavy atom. The van der Waals surface area contributed by atoms with Crippen molar-refractivity contribution >= 4 is 5.91 Å². The van der Waals surface area contributed by atoms with Crippen molar-refractivity contribution in [1.29, 1.82) is 0 Å². The van der Waals surface area contributed by atoms with Crippen molar-refractivity contribution in [3.05, 3.63) is 41.7 Å². The molecule has 118 valence electrons. The Morgan fingerprint density at radius 3 is 2.82 bits per heavy atom. The van der Waals surface area contributed by atoms with E-state index >= 15 is 0 Å². The smallest absolute Gasteiger partial charge is 0.223 e. The van der Waals surface area contributed by atoms with Crippen LogP contribution in [0.25, 0.3) is 0 Å². The minimum absolute atomic E-state index is 0.324. The van der Waals surface area contributed by atoms with Crippen LogP contribution in [0.5, 0.6) is 0 Å². The van der Waals surface area contributed by atoms with E-state index in [0.717, 1.165) is 51.3 Å². The third-order valence-electron chi connectivity index (χ3n) is 4.77. The Balaban J connectivity index is 1.47. The molecule has 4 heteroatoms. The van der Waals surface area contributed by atoms with Crippen LogP contribution >= 0.6 is 0 Å². The van der Waals surface area contributed by atoms with E-state index in [1.165, 1.54) is 5.56 Å². The standard InChI is InChI=1S/C18H25N3O/c1-15-5-4-8-19-17(15)14-20-9-11-21(12-10-20)18(22)13-16-6-2-3-7-16/h2,4-6,8,16H,3,7,9-14H2,1H3/t16-/m1/s1. The summed E-state index contributed by atoms with van der Waals surface area (Å²) in [6.07, 6.45) is 9.23.